The molecule has 2 aliphatic heterocycles. The van der Waals surface area contributed by atoms with Gasteiger partial charge in [-0.15, -0.1) is 0 Å². The van der Waals surface area contributed by atoms with Gasteiger partial charge in [-0.3, -0.25) is 52.7 Å². The lowest BCUT2D eigenvalue weighted by Crippen LogP contribution is -2.57. The first kappa shape index (κ1) is 75.7. The van der Waals surface area contributed by atoms with Crippen molar-refractivity contribution < 1.29 is 65.9 Å². The van der Waals surface area contributed by atoms with Gasteiger partial charge in [0, 0.05) is 81.2 Å². The van der Waals surface area contributed by atoms with Gasteiger partial charge in [-0.25, -0.2) is 0 Å². The standard InChI is InChI=1S/C68H99ClF3N11O11/c1-9-44(2)60-66(93)79(5)42-58(87)77(3)43-59(88)80(6)54(40-46-24-15-11-16-25-46)65(92)78(4)41-56(85)75-51(33-31-47-30-32-49(50(69)38-47)68(70,71)72)64(91)83-37-21-28-52(83)62(89)73-35-20-19-29-57(86)82(8)61(48-26-17-12-18-27-48)67(94)81(7)53(39-45-22-13-10-14-23-45)63(90)74-36-34-55(84)76-60/h10,13-14,22-23,30,32,38,44,46,48,51-54,60-61H,9,11-12,15-21,24-29,31,33-37,39-43H2,1-8H3,(H,73,89)(H,74,90)(H,75,85)(H,76,84)/t44-,51-,52-,53-,54-,60?,61-/m0/s1. The third-order valence-corrected chi connectivity index (χ3v) is 19.7. The van der Waals surface area contributed by atoms with Gasteiger partial charge in [0.15, 0.2) is 0 Å². The van der Waals surface area contributed by atoms with Gasteiger partial charge in [-0.05, 0) is 98.8 Å². The van der Waals surface area contributed by atoms with Crippen molar-refractivity contribution in [3.8, 4) is 0 Å². The summed E-state index contributed by atoms with van der Waals surface area (Å²) in [6.45, 7) is 2.16. The van der Waals surface area contributed by atoms with E-state index in [1.807, 2.05) is 37.3 Å². The number of nitrogens with zero attached hydrogens (tertiary/aromatic N) is 7. The predicted molar refractivity (Wildman–Crippen MR) is 348 cm³/mol. The number of benzene rings is 2. The van der Waals surface area contributed by atoms with Crippen LogP contribution in [0.4, 0.5) is 13.2 Å². The molecule has 2 aromatic rings. The molecule has 0 spiro atoms. The van der Waals surface area contributed by atoms with E-state index >= 15 is 4.79 Å². The lowest BCUT2D eigenvalue weighted by atomic mass is 9.82. The average Bonchev–Trinajstić information content (AvgIpc) is 1.05. The van der Waals surface area contributed by atoms with Gasteiger partial charge in [0.2, 0.25) is 65.0 Å². The molecule has 94 heavy (non-hydrogen) atoms. The number of hydrogen-bond acceptors (Lipinski definition) is 11. The van der Waals surface area contributed by atoms with Crippen LogP contribution in [0.2, 0.25) is 5.02 Å². The third-order valence-electron chi connectivity index (χ3n) is 19.4. The van der Waals surface area contributed by atoms with E-state index in [2.05, 4.69) is 21.3 Å². The molecular formula is C68H99ClF3N11O11. The van der Waals surface area contributed by atoms with E-state index in [-0.39, 0.29) is 82.3 Å². The second-order valence-electron chi connectivity index (χ2n) is 26.3. The highest BCUT2D eigenvalue weighted by Gasteiger charge is 2.42. The van der Waals surface area contributed by atoms with Crippen LogP contribution >= 0.6 is 11.6 Å². The molecule has 4 N–H and O–H groups in total. The van der Waals surface area contributed by atoms with Crippen LogP contribution in [0, 0.1) is 17.8 Å². The van der Waals surface area contributed by atoms with Crippen LogP contribution in [0.5, 0.6) is 0 Å². The van der Waals surface area contributed by atoms with Crippen molar-refractivity contribution in [3.05, 3.63) is 70.2 Å². The summed E-state index contributed by atoms with van der Waals surface area (Å²) >= 11 is 6.09. The minimum atomic E-state index is -4.73. The van der Waals surface area contributed by atoms with Crippen molar-refractivity contribution in [2.45, 2.75) is 191 Å². The summed E-state index contributed by atoms with van der Waals surface area (Å²) in [5.41, 5.74) is 0.0461. The molecular weight excluding hydrogens is 1240 g/mol. The van der Waals surface area contributed by atoms with Gasteiger partial charge >= 0.3 is 6.18 Å². The summed E-state index contributed by atoms with van der Waals surface area (Å²) in [6, 6.07) is 5.88. The number of aryl methyl sites for hydroxylation is 1. The van der Waals surface area contributed by atoms with Crippen LogP contribution in [0.25, 0.3) is 0 Å². The molecule has 2 heterocycles. The Labute approximate surface area is 556 Å². The summed E-state index contributed by atoms with van der Waals surface area (Å²) in [5.74, 6) is -6.69. The summed E-state index contributed by atoms with van der Waals surface area (Å²) in [6.07, 6.45) is 5.53. The number of carbonyl (C=O) groups is 11. The van der Waals surface area contributed by atoms with E-state index in [1.54, 1.807) is 21.0 Å². The van der Waals surface area contributed by atoms with Gasteiger partial charge in [0.05, 0.1) is 30.2 Å². The van der Waals surface area contributed by atoms with E-state index < -0.39 is 138 Å². The molecule has 2 aromatic carbocycles. The molecule has 4 fully saturated rings. The molecule has 22 nitrogen and oxygen atoms in total. The van der Waals surface area contributed by atoms with E-state index in [1.165, 1.54) is 53.9 Å². The number of alkyl halides is 3. The normalized spacial score (nSPS) is 25.0. The monoisotopic (exact) mass is 1340 g/mol. The molecule has 11 amide bonds. The number of rotatable bonds is 10. The second kappa shape index (κ2) is 36.0. The maximum atomic E-state index is 15.0. The van der Waals surface area contributed by atoms with Gasteiger partial charge in [-0.2, -0.15) is 13.2 Å². The van der Waals surface area contributed by atoms with Crippen LogP contribution < -0.4 is 21.3 Å². The summed E-state index contributed by atoms with van der Waals surface area (Å²) < 4.78 is 41.2. The Morgan fingerprint density at radius 2 is 1.21 bits per heavy atom. The fraction of sp³-hybridized carbons (Fsp3) is 0.662. The smallest absolute Gasteiger partial charge is 0.354 e. The fourth-order valence-corrected chi connectivity index (χ4v) is 13.6. The lowest BCUT2D eigenvalue weighted by Gasteiger charge is -2.39. The molecule has 520 valence electrons. The van der Waals surface area contributed by atoms with E-state index in [4.69, 9.17) is 11.6 Å². The molecule has 2 saturated heterocycles. The molecule has 0 aromatic heterocycles. The van der Waals surface area contributed by atoms with Crippen molar-refractivity contribution >= 4 is 76.6 Å². The molecule has 4 aliphatic rings. The summed E-state index contributed by atoms with van der Waals surface area (Å²) in [5, 5.41) is 10.7. The van der Waals surface area contributed by atoms with E-state index in [9.17, 15) is 61.1 Å². The Morgan fingerprint density at radius 1 is 0.574 bits per heavy atom. The topological polar surface area (TPSA) is 259 Å². The number of hydrogen-bond donors (Lipinski definition) is 4. The Kier molecular flexibility index (Phi) is 29.0. The maximum Gasteiger partial charge on any atom is 0.417 e. The minimum Gasteiger partial charge on any atom is -0.354 e. The predicted octanol–water partition coefficient (Wildman–Crippen LogP) is 5.75. The van der Waals surface area contributed by atoms with Crippen molar-refractivity contribution in [3.63, 3.8) is 0 Å². The zero-order valence-corrected chi connectivity index (χ0v) is 56.8. The van der Waals surface area contributed by atoms with Crippen molar-refractivity contribution in [1.82, 2.24) is 55.6 Å². The fourth-order valence-electron chi connectivity index (χ4n) is 13.3. The zero-order valence-electron chi connectivity index (χ0n) is 56.0. The molecule has 2 saturated carbocycles. The number of halogens is 4. The quantitative estimate of drug-likeness (QED) is 0.223. The number of amides is 11. The van der Waals surface area contributed by atoms with E-state index in [0.29, 0.717) is 44.1 Å². The molecule has 0 bridgehead atoms. The Balaban J connectivity index is 1.28. The second-order valence-corrected chi connectivity index (χ2v) is 26.7. The van der Waals surface area contributed by atoms with Gasteiger partial charge in [-0.1, -0.05) is 120 Å². The van der Waals surface area contributed by atoms with Crippen LogP contribution in [0.15, 0.2) is 48.5 Å². The largest absolute Gasteiger partial charge is 0.417 e. The molecule has 6 rings (SSSR count). The molecule has 1 unspecified atom stereocenters. The van der Waals surface area contributed by atoms with Gasteiger partial charge in [0.1, 0.15) is 36.3 Å². The third kappa shape index (κ3) is 21.3. The molecule has 0 radical (unpaired) electrons. The highest BCUT2D eigenvalue weighted by molar-refractivity contribution is 6.31. The van der Waals surface area contributed by atoms with Crippen LogP contribution in [-0.2, 0) is 71.8 Å². The van der Waals surface area contributed by atoms with Gasteiger partial charge < -0.3 is 55.6 Å². The van der Waals surface area contributed by atoms with E-state index in [0.717, 1.165) is 83.8 Å². The molecule has 7 atom stereocenters. The highest BCUT2D eigenvalue weighted by Crippen LogP contribution is 2.36. The Morgan fingerprint density at radius 3 is 1.86 bits per heavy atom. The van der Waals surface area contributed by atoms with Crippen LogP contribution in [-0.4, -0.2) is 217 Å². The first-order chi connectivity index (χ1) is 44.6. The number of nitrogens with one attached hydrogen (secondary N) is 4. The SMILES string of the molecule is CC[C@H](C)C1NC(=O)CCNC(=O)[C@H](Cc2ccccc2)N(C)C(=O)[C@H](C2CCCCC2)N(C)C(=O)CCCCNC(=O)[C@@H]2CCCN2C(=O)[C@H](CCc2ccc(C(F)(F)F)c(Cl)c2)NC(=O)CN(C)C(=O)[C@H](CC2CCCCC2)N(C)C(=O)CN(C)C(=O)CN(C)C1=O. The van der Waals surface area contributed by atoms with Crippen molar-refractivity contribution in [2.75, 3.05) is 81.6 Å². The van der Waals surface area contributed by atoms with Gasteiger partial charge in [0.25, 0.3) is 0 Å². The summed E-state index contributed by atoms with van der Waals surface area (Å²) in [7, 11) is 8.75. The number of carbonyl (C=O) groups excluding carboxylic acids is 11. The van der Waals surface area contributed by atoms with Crippen LogP contribution in [0.3, 0.4) is 0 Å². The Bertz CT molecular complexity index is 2970. The number of likely N-dealkylation sites (N-methyl/N-ethyl adjacent to an activating group) is 6. The summed E-state index contributed by atoms with van der Waals surface area (Å²) in [4.78, 5) is 166. The first-order valence-electron chi connectivity index (χ1n) is 33.5. The molecule has 26 heteroatoms. The minimum absolute atomic E-state index is 0.0220. The highest BCUT2D eigenvalue weighted by atomic mass is 35.5. The lowest BCUT2D eigenvalue weighted by molar-refractivity contribution is -0.150. The Hall–Kier alpha value is -7.31. The maximum absolute atomic E-state index is 15.0. The number of fused-ring (bicyclic) bond motifs is 1. The van der Waals surface area contributed by atoms with Crippen LogP contribution in [0.1, 0.15) is 153 Å². The van der Waals surface area contributed by atoms with Crippen molar-refractivity contribution in [2.24, 2.45) is 17.8 Å². The first-order valence-corrected chi connectivity index (χ1v) is 33.8. The average molecular weight is 1340 g/mol. The van der Waals surface area contributed by atoms with Crippen molar-refractivity contribution in [1.29, 1.82) is 0 Å². The zero-order chi connectivity index (χ0) is 69.0. The molecule has 2 aliphatic carbocycles.